The standard InChI is InChI=1S/C15H17N3OS/c1-10-17-14(9-20-10)8-16-12-3-2-4-13(7-12)18-15(19)11-5-6-11/h2-4,7,9,11,16H,5-6,8H2,1H3,(H,18,19). The lowest BCUT2D eigenvalue weighted by Crippen LogP contribution is -2.13. The van der Waals surface area contributed by atoms with E-state index in [2.05, 4.69) is 21.0 Å². The van der Waals surface area contributed by atoms with Crippen molar-refractivity contribution in [3.63, 3.8) is 0 Å². The van der Waals surface area contributed by atoms with Crippen molar-refractivity contribution in [2.24, 2.45) is 5.92 Å². The first kappa shape index (κ1) is 13.1. The van der Waals surface area contributed by atoms with Gasteiger partial charge in [0, 0.05) is 22.7 Å². The van der Waals surface area contributed by atoms with Gasteiger partial charge in [-0.15, -0.1) is 11.3 Å². The molecule has 0 unspecified atom stereocenters. The zero-order chi connectivity index (χ0) is 13.9. The maximum absolute atomic E-state index is 11.7. The van der Waals surface area contributed by atoms with Crippen molar-refractivity contribution in [2.45, 2.75) is 26.3 Å². The quantitative estimate of drug-likeness (QED) is 0.886. The molecule has 0 atom stereocenters. The predicted octanol–water partition coefficient (Wildman–Crippen LogP) is 3.41. The number of nitrogens with zero attached hydrogens (tertiary/aromatic N) is 1. The summed E-state index contributed by atoms with van der Waals surface area (Å²) in [7, 11) is 0. The number of amides is 1. The summed E-state index contributed by atoms with van der Waals surface area (Å²) < 4.78 is 0. The van der Waals surface area contributed by atoms with Gasteiger partial charge in [0.15, 0.2) is 0 Å². The zero-order valence-electron chi connectivity index (χ0n) is 11.3. The smallest absolute Gasteiger partial charge is 0.227 e. The summed E-state index contributed by atoms with van der Waals surface area (Å²) in [5.41, 5.74) is 2.88. The highest BCUT2D eigenvalue weighted by Gasteiger charge is 2.29. The van der Waals surface area contributed by atoms with Crippen LogP contribution in [0.1, 0.15) is 23.5 Å². The molecule has 20 heavy (non-hydrogen) atoms. The highest BCUT2D eigenvalue weighted by Crippen LogP contribution is 2.30. The van der Waals surface area contributed by atoms with E-state index < -0.39 is 0 Å². The zero-order valence-corrected chi connectivity index (χ0v) is 12.2. The number of aromatic nitrogens is 1. The molecule has 3 rings (SSSR count). The van der Waals surface area contributed by atoms with Crippen LogP contribution in [-0.4, -0.2) is 10.9 Å². The van der Waals surface area contributed by atoms with Gasteiger partial charge in [0.25, 0.3) is 0 Å². The van der Waals surface area contributed by atoms with Crippen LogP contribution in [0.2, 0.25) is 0 Å². The van der Waals surface area contributed by atoms with Crippen molar-refractivity contribution in [1.82, 2.24) is 4.98 Å². The molecular weight excluding hydrogens is 270 g/mol. The molecule has 1 saturated carbocycles. The molecule has 1 aromatic heterocycles. The molecule has 0 saturated heterocycles. The van der Waals surface area contributed by atoms with Gasteiger partial charge in [0.05, 0.1) is 17.2 Å². The second kappa shape index (κ2) is 5.63. The normalized spacial score (nSPS) is 14.1. The minimum atomic E-state index is 0.136. The number of benzene rings is 1. The van der Waals surface area contributed by atoms with E-state index >= 15 is 0 Å². The van der Waals surface area contributed by atoms with E-state index in [9.17, 15) is 4.79 Å². The van der Waals surface area contributed by atoms with Crippen LogP contribution in [0.3, 0.4) is 0 Å². The summed E-state index contributed by atoms with van der Waals surface area (Å²) in [6, 6.07) is 7.81. The molecule has 4 nitrogen and oxygen atoms in total. The summed E-state index contributed by atoms with van der Waals surface area (Å²) in [5.74, 6) is 0.363. The molecule has 0 spiro atoms. The molecule has 1 aliphatic rings. The molecule has 104 valence electrons. The summed E-state index contributed by atoms with van der Waals surface area (Å²) in [4.78, 5) is 16.1. The van der Waals surface area contributed by atoms with Gasteiger partial charge in [0.2, 0.25) is 5.91 Å². The highest BCUT2D eigenvalue weighted by atomic mass is 32.1. The number of carbonyl (C=O) groups is 1. The van der Waals surface area contributed by atoms with Crippen molar-refractivity contribution in [3.8, 4) is 0 Å². The number of hydrogen-bond donors (Lipinski definition) is 2. The summed E-state index contributed by atoms with van der Waals surface area (Å²) in [6.07, 6.45) is 2.04. The molecule has 5 heteroatoms. The van der Waals surface area contributed by atoms with Gasteiger partial charge >= 0.3 is 0 Å². The van der Waals surface area contributed by atoms with Crippen molar-refractivity contribution in [2.75, 3.05) is 10.6 Å². The number of anilines is 2. The first-order valence-corrected chi connectivity index (χ1v) is 7.64. The van der Waals surface area contributed by atoms with Gasteiger partial charge in [0.1, 0.15) is 0 Å². The molecule has 0 radical (unpaired) electrons. The van der Waals surface area contributed by atoms with Crippen LogP contribution in [0, 0.1) is 12.8 Å². The third kappa shape index (κ3) is 3.36. The highest BCUT2D eigenvalue weighted by molar-refractivity contribution is 7.09. The number of rotatable bonds is 5. The SMILES string of the molecule is Cc1nc(CNc2cccc(NC(=O)C3CC3)c2)cs1. The number of thiazole rings is 1. The fourth-order valence-corrected chi connectivity index (χ4v) is 2.59. The van der Waals surface area contributed by atoms with Gasteiger partial charge in [-0.05, 0) is 38.0 Å². The van der Waals surface area contributed by atoms with Crippen LogP contribution in [0.5, 0.6) is 0 Å². The molecule has 1 heterocycles. The summed E-state index contributed by atoms with van der Waals surface area (Å²) in [5, 5.41) is 9.41. The Kier molecular flexibility index (Phi) is 3.69. The van der Waals surface area contributed by atoms with Crippen LogP contribution in [0.4, 0.5) is 11.4 Å². The van der Waals surface area contributed by atoms with E-state index in [4.69, 9.17) is 0 Å². The van der Waals surface area contributed by atoms with Crippen LogP contribution >= 0.6 is 11.3 Å². The van der Waals surface area contributed by atoms with Crippen LogP contribution < -0.4 is 10.6 Å². The van der Waals surface area contributed by atoms with Crippen LogP contribution in [-0.2, 0) is 11.3 Å². The van der Waals surface area contributed by atoms with E-state index in [-0.39, 0.29) is 11.8 Å². The fourth-order valence-electron chi connectivity index (χ4n) is 1.98. The molecule has 1 aliphatic carbocycles. The number of nitrogens with one attached hydrogen (secondary N) is 2. The lowest BCUT2D eigenvalue weighted by molar-refractivity contribution is -0.117. The van der Waals surface area contributed by atoms with Gasteiger partial charge < -0.3 is 10.6 Å². The van der Waals surface area contributed by atoms with E-state index in [1.807, 2.05) is 31.2 Å². The van der Waals surface area contributed by atoms with Gasteiger partial charge in [-0.1, -0.05) is 6.07 Å². The Balaban J connectivity index is 1.60. The van der Waals surface area contributed by atoms with Crippen molar-refractivity contribution in [1.29, 1.82) is 0 Å². The van der Waals surface area contributed by atoms with Gasteiger partial charge in [-0.2, -0.15) is 0 Å². The average Bonchev–Trinajstić information content (AvgIpc) is 3.20. The first-order chi connectivity index (χ1) is 9.70. The van der Waals surface area contributed by atoms with E-state index in [1.54, 1.807) is 11.3 Å². The van der Waals surface area contributed by atoms with E-state index in [1.165, 1.54) is 0 Å². The average molecular weight is 287 g/mol. The number of carbonyl (C=O) groups excluding carboxylic acids is 1. The third-order valence-electron chi connectivity index (χ3n) is 3.22. The third-order valence-corrected chi connectivity index (χ3v) is 4.04. The molecular formula is C15H17N3OS. The second-order valence-electron chi connectivity index (χ2n) is 5.06. The molecule has 0 aliphatic heterocycles. The minimum absolute atomic E-state index is 0.136. The van der Waals surface area contributed by atoms with Crippen LogP contribution in [0.15, 0.2) is 29.6 Å². The second-order valence-corrected chi connectivity index (χ2v) is 6.12. The predicted molar refractivity (Wildman–Crippen MR) is 82.0 cm³/mol. The Hall–Kier alpha value is -1.88. The van der Waals surface area contributed by atoms with Crippen LogP contribution in [0.25, 0.3) is 0 Å². The topological polar surface area (TPSA) is 54.0 Å². The number of hydrogen-bond acceptors (Lipinski definition) is 4. The molecule has 0 bridgehead atoms. The molecule has 2 aromatic rings. The molecule has 2 N–H and O–H groups in total. The fraction of sp³-hybridized carbons (Fsp3) is 0.333. The van der Waals surface area contributed by atoms with E-state index in [0.29, 0.717) is 6.54 Å². The minimum Gasteiger partial charge on any atom is -0.379 e. The van der Waals surface area contributed by atoms with Crippen molar-refractivity contribution >= 4 is 28.6 Å². The van der Waals surface area contributed by atoms with Crippen molar-refractivity contribution in [3.05, 3.63) is 40.3 Å². The lowest BCUT2D eigenvalue weighted by atomic mass is 10.2. The lowest BCUT2D eigenvalue weighted by Gasteiger charge is -2.08. The molecule has 1 amide bonds. The Morgan fingerprint density at radius 3 is 2.90 bits per heavy atom. The first-order valence-electron chi connectivity index (χ1n) is 6.76. The van der Waals surface area contributed by atoms with E-state index in [0.717, 1.165) is 34.9 Å². The molecule has 1 fully saturated rings. The summed E-state index contributed by atoms with van der Waals surface area (Å²) >= 11 is 1.65. The monoisotopic (exact) mass is 287 g/mol. The Morgan fingerprint density at radius 2 is 2.20 bits per heavy atom. The Morgan fingerprint density at radius 1 is 1.40 bits per heavy atom. The summed E-state index contributed by atoms with van der Waals surface area (Å²) in [6.45, 7) is 2.70. The molecule has 1 aromatic carbocycles. The largest absolute Gasteiger partial charge is 0.379 e. The van der Waals surface area contributed by atoms with Crippen molar-refractivity contribution < 1.29 is 4.79 Å². The maximum Gasteiger partial charge on any atom is 0.227 e. The van der Waals surface area contributed by atoms with Gasteiger partial charge in [-0.25, -0.2) is 4.98 Å². The Labute approximate surface area is 122 Å². The number of aryl methyl sites for hydroxylation is 1. The Bertz CT molecular complexity index is 619. The van der Waals surface area contributed by atoms with Gasteiger partial charge in [-0.3, -0.25) is 4.79 Å². The maximum atomic E-state index is 11.7.